The van der Waals surface area contributed by atoms with E-state index in [2.05, 4.69) is 12.2 Å². The summed E-state index contributed by atoms with van der Waals surface area (Å²) in [4.78, 5) is 15.1. The van der Waals surface area contributed by atoms with Crippen LogP contribution in [0.15, 0.2) is 23.8 Å². The monoisotopic (exact) mass is 366 g/mol. The summed E-state index contributed by atoms with van der Waals surface area (Å²) in [6.45, 7) is 5.21. The summed E-state index contributed by atoms with van der Waals surface area (Å²) in [5.74, 6) is 1.68. The van der Waals surface area contributed by atoms with E-state index in [1.165, 1.54) is 0 Å². The van der Waals surface area contributed by atoms with Crippen LogP contribution in [0.3, 0.4) is 0 Å². The number of halogens is 1. The number of amides is 1. The number of methoxy groups -OCH3 is 1. The van der Waals surface area contributed by atoms with E-state index in [4.69, 9.17) is 9.47 Å². The lowest BCUT2D eigenvalue weighted by atomic mass is 10.0. The Bertz CT molecular complexity index is 627. The van der Waals surface area contributed by atoms with Crippen LogP contribution in [0.2, 0.25) is 0 Å². The Morgan fingerprint density at radius 1 is 1.36 bits per heavy atom. The number of benzene rings is 1. The molecular formula is C19H27ClN2O3. The molecule has 25 heavy (non-hydrogen) atoms. The highest BCUT2D eigenvalue weighted by molar-refractivity contribution is 5.99. The third kappa shape index (κ3) is 4.47. The topological polar surface area (TPSA) is 50.8 Å². The molecular weight excluding hydrogens is 340 g/mol. The van der Waals surface area contributed by atoms with Crippen LogP contribution < -0.4 is 14.8 Å². The average molecular weight is 367 g/mol. The number of hydrogen-bond donors (Lipinski definition) is 1. The summed E-state index contributed by atoms with van der Waals surface area (Å²) in [6.07, 6.45) is 4.95. The molecule has 1 saturated heterocycles. The maximum Gasteiger partial charge on any atom is 0.253 e. The number of hydrogen-bond acceptors (Lipinski definition) is 4. The minimum atomic E-state index is 0. The van der Waals surface area contributed by atoms with Gasteiger partial charge in [0.1, 0.15) is 18.1 Å². The Kier molecular flexibility index (Phi) is 7.14. The Labute approximate surface area is 155 Å². The van der Waals surface area contributed by atoms with Gasteiger partial charge < -0.3 is 19.7 Å². The fourth-order valence-electron chi connectivity index (χ4n) is 3.40. The molecule has 6 heteroatoms. The summed E-state index contributed by atoms with van der Waals surface area (Å²) in [6, 6.07) is 6.00. The van der Waals surface area contributed by atoms with Gasteiger partial charge in [-0.3, -0.25) is 4.79 Å². The number of fused-ring (bicyclic) bond motifs is 1. The molecule has 0 bridgehead atoms. The molecule has 1 amide bonds. The molecule has 0 radical (unpaired) electrons. The third-order valence-corrected chi connectivity index (χ3v) is 4.68. The first-order valence-corrected chi connectivity index (χ1v) is 8.76. The number of nitrogens with zero attached hydrogens (tertiary/aromatic N) is 1. The van der Waals surface area contributed by atoms with E-state index in [1.807, 2.05) is 29.2 Å². The number of ether oxygens (including phenoxy) is 2. The van der Waals surface area contributed by atoms with Gasteiger partial charge >= 0.3 is 0 Å². The Morgan fingerprint density at radius 2 is 2.12 bits per heavy atom. The van der Waals surface area contributed by atoms with Crippen LogP contribution in [0.1, 0.15) is 31.7 Å². The summed E-state index contributed by atoms with van der Waals surface area (Å²) < 4.78 is 11.1. The fourth-order valence-corrected chi connectivity index (χ4v) is 3.40. The van der Waals surface area contributed by atoms with E-state index >= 15 is 0 Å². The first-order chi connectivity index (χ1) is 11.7. The van der Waals surface area contributed by atoms with E-state index in [9.17, 15) is 4.79 Å². The predicted molar refractivity (Wildman–Crippen MR) is 102 cm³/mol. The number of carbonyl (C=O) groups excluding carboxylic acids is 1. The minimum absolute atomic E-state index is 0. The molecule has 2 heterocycles. The van der Waals surface area contributed by atoms with Gasteiger partial charge in [-0.1, -0.05) is 6.92 Å². The van der Waals surface area contributed by atoms with Crippen molar-refractivity contribution in [3.63, 3.8) is 0 Å². The highest BCUT2D eigenvalue weighted by Crippen LogP contribution is 2.31. The van der Waals surface area contributed by atoms with Crippen molar-refractivity contribution < 1.29 is 14.3 Å². The van der Waals surface area contributed by atoms with Gasteiger partial charge in [0.15, 0.2) is 0 Å². The van der Waals surface area contributed by atoms with Crippen molar-refractivity contribution in [1.29, 1.82) is 0 Å². The quantitative estimate of drug-likeness (QED) is 0.870. The zero-order valence-corrected chi connectivity index (χ0v) is 15.7. The average Bonchev–Trinajstić information content (AvgIpc) is 2.65. The molecule has 1 N–H and O–H groups in total. The number of piperidine rings is 1. The molecule has 0 unspecified atom stereocenters. The summed E-state index contributed by atoms with van der Waals surface area (Å²) in [5, 5.41) is 3.36. The SMILES string of the molecule is CCCN(C(=O)C1=Cc2cc(OC)ccc2OC1)C1CCNCC1.Cl. The van der Waals surface area contributed by atoms with E-state index in [1.54, 1.807) is 7.11 Å². The Balaban J connectivity index is 0.00000225. The van der Waals surface area contributed by atoms with Crippen LogP contribution in [-0.2, 0) is 4.79 Å². The third-order valence-electron chi connectivity index (χ3n) is 4.68. The van der Waals surface area contributed by atoms with Crippen molar-refractivity contribution >= 4 is 24.4 Å². The standard InChI is InChI=1S/C19H26N2O3.ClH/c1-3-10-21(16-6-8-20-9-7-16)19(22)15-11-14-12-17(23-2)4-5-18(14)24-13-15;/h4-5,11-12,16,20H,3,6-10,13H2,1-2H3;1H. The molecule has 0 spiro atoms. The van der Waals surface area contributed by atoms with Gasteiger partial charge in [0.25, 0.3) is 5.91 Å². The maximum atomic E-state index is 13.1. The molecule has 5 nitrogen and oxygen atoms in total. The summed E-state index contributed by atoms with van der Waals surface area (Å²) in [7, 11) is 1.64. The van der Waals surface area contributed by atoms with Gasteiger partial charge in [0, 0.05) is 18.2 Å². The zero-order chi connectivity index (χ0) is 16.9. The molecule has 2 aliphatic rings. The molecule has 2 aliphatic heterocycles. The van der Waals surface area contributed by atoms with Crippen LogP contribution in [0.4, 0.5) is 0 Å². The van der Waals surface area contributed by atoms with Crippen LogP contribution >= 0.6 is 12.4 Å². The lowest BCUT2D eigenvalue weighted by Gasteiger charge is -2.35. The van der Waals surface area contributed by atoms with E-state index in [0.717, 1.165) is 61.5 Å². The molecule has 138 valence electrons. The van der Waals surface area contributed by atoms with Crippen molar-refractivity contribution in [2.75, 3.05) is 33.4 Å². The van der Waals surface area contributed by atoms with Crippen molar-refractivity contribution in [2.24, 2.45) is 0 Å². The highest BCUT2D eigenvalue weighted by atomic mass is 35.5. The molecule has 3 rings (SSSR count). The van der Waals surface area contributed by atoms with Gasteiger partial charge in [-0.2, -0.15) is 0 Å². The van der Waals surface area contributed by atoms with Crippen molar-refractivity contribution in [3.8, 4) is 11.5 Å². The Morgan fingerprint density at radius 3 is 2.80 bits per heavy atom. The normalized spacial score (nSPS) is 16.8. The van der Waals surface area contributed by atoms with Gasteiger partial charge in [-0.25, -0.2) is 0 Å². The van der Waals surface area contributed by atoms with E-state index in [0.29, 0.717) is 12.6 Å². The van der Waals surface area contributed by atoms with Gasteiger partial charge in [-0.05, 0) is 56.6 Å². The molecule has 1 aromatic rings. The number of rotatable bonds is 5. The number of carbonyl (C=O) groups is 1. The second-order valence-electron chi connectivity index (χ2n) is 6.34. The van der Waals surface area contributed by atoms with E-state index in [-0.39, 0.29) is 18.3 Å². The summed E-state index contributed by atoms with van der Waals surface area (Å²) in [5.41, 5.74) is 1.63. The maximum absolute atomic E-state index is 13.1. The van der Waals surface area contributed by atoms with Crippen LogP contribution in [-0.4, -0.2) is 50.2 Å². The summed E-state index contributed by atoms with van der Waals surface area (Å²) >= 11 is 0. The van der Waals surface area contributed by atoms with Crippen LogP contribution in [0, 0.1) is 0 Å². The lowest BCUT2D eigenvalue weighted by molar-refractivity contribution is -0.130. The lowest BCUT2D eigenvalue weighted by Crippen LogP contribution is -2.47. The van der Waals surface area contributed by atoms with Crippen molar-refractivity contribution in [1.82, 2.24) is 10.2 Å². The predicted octanol–water partition coefficient (Wildman–Crippen LogP) is 2.88. The molecule has 0 saturated carbocycles. The smallest absolute Gasteiger partial charge is 0.253 e. The van der Waals surface area contributed by atoms with Gasteiger partial charge in [-0.15, -0.1) is 12.4 Å². The second kappa shape index (κ2) is 9.11. The first-order valence-electron chi connectivity index (χ1n) is 8.76. The first kappa shape index (κ1) is 19.6. The molecule has 1 aromatic carbocycles. The largest absolute Gasteiger partial charge is 0.497 e. The van der Waals surface area contributed by atoms with Gasteiger partial charge in [0.05, 0.1) is 12.7 Å². The van der Waals surface area contributed by atoms with Gasteiger partial charge in [0.2, 0.25) is 0 Å². The second-order valence-corrected chi connectivity index (χ2v) is 6.34. The molecule has 0 aromatic heterocycles. The number of nitrogens with one attached hydrogen (secondary N) is 1. The highest BCUT2D eigenvalue weighted by Gasteiger charge is 2.28. The van der Waals surface area contributed by atoms with Crippen LogP contribution in [0.5, 0.6) is 11.5 Å². The molecule has 0 aliphatic carbocycles. The fraction of sp³-hybridized carbons (Fsp3) is 0.526. The minimum Gasteiger partial charge on any atom is -0.497 e. The molecule has 0 atom stereocenters. The van der Waals surface area contributed by atoms with Crippen molar-refractivity contribution in [3.05, 3.63) is 29.3 Å². The van der Waals surface area contributed by atoms with E-state index < -0.39 is 0 Å². The van der Waals surface area contributed by atoms with Crippen LogP contribution in [0.25, 0.3) is 6.08 Å². The Hall–Kier alpha value is -1.72. The van der Waals surface area contributed by atoms with Crippen molar-refractivity contribution in [2.45, 2.75) is 32.2 Å². The zero-order valence-electron chi connectivity index (χ0n) is 14.9. The molecule has 1 fully saturated rings.